The number of carbonyl (C=O) groups excluding carboxylic acids is 1. The summed E-state index contributed by atoms with van der Waals surface area (Å²) in [4.78, 5) is 15.8. The maximum atomic E-state index is 11.9. The highest BCUT2D eigenvalue weighted by Gasteiger charge is 2.00. The highest BCUT2D eigenvalue weighted by Crippen LogP contribution is 2.14. The Bertz CT molecular complexity index is 588. The number of unbranched alkanes of at least 4 members (excludes halogenated alkanes) is 1. The summed E-state index contributed by atoms with van der Waals surface area (Å²) in [6, 6.07) is 11.2. The van der Waals surface area contributed by atoms with Crippen LogP contribution >= 0.6 is 0 Å². The van der Waals surface area contributed by atoms with Crippen molar-refractivity contribution >= 4 is 11.9 Å². The molecule has 2 rings (SSSR count). The lowest BCUT2D eigenvalue weighted by Crippen LogP contribution is -1.96. The Morgan fingerprint density at radius 2 is 2.05 bits per heavy atom. The average Bonchev–Trinajstić information content (AvgIpc) is 2.55. The molecule has 2 aromatic rings. The molecule has 1 aromatic heterocycles. The van der Waals surface area contributed by atoms with Gasteiger partial charge in [-0.05, 0) is 42.3 Å². The van der Waals surface area contributed by atoms with Crippen LogP contribution < -0.4 is 4.74 Å². The zero-order chi connectivity index (χ0) is 14.9. The lowest BCUT2D eigenvalue weighted by Gasteiger charge is -2.04. The highest BCUT2D eigenvalue weighted by atomic mass is 16.5. The number of carbonyl (C=O) groups is 1. The Morgan fingerprint density at radius 3 is 2.71 bits per heavy atom. The zero-order valence-electron chi connectivity index (χ0n) is 12.2. The maximum Gasteiger partial charge on any atom is 0.187 e. The zero-order valence-corrected chi connectivity index (χ0v) is 12.2. The van der Waals surface area contributed by atoms with Gasteiger partial charge < -0.3 is 4.74 Å². The van der Waals surface area contributed by atoms with E-state index in [0.29, 0.717) is 5.56 Å². The molecule has 0 aliphatic heterocycles. The van der Waals surface area contributed by atoms with Gasteiger partial charge in [-0.1, -0.05) is 31.6 Å². The van der Waals surface area contributed by atoms with E-state index in [0.717, 1.165) is 30.8 Å². The number of nitrogens with zero attached hydrogens (tertiary/aromatic N) is 1. The van der Waals surface area contributed by atoms with Crippen LogP contribution in [-0.4, -0.2) is 17.4 Å². The number of benzene rings is 1. The van der Waals surface area contributed by atoms with Crippen LogP contribution in [0.1, 0.15) is 35.7 Å². The van der Waals surface area contributed by atoms with E-state index < -0.39 is 0 Å². The third-order valence-corrected chi connectivity index (χ3v) is 3.02. The maximum absolute atomic E-state index is 11.9. The largest absolute Gasteiger partial charge is 0.494 e. The molecule has 0 aliphatic rings. The number of pyridine rings is 1. The summed E-state index contributed by atoms with van der Waals surface area (Å²) in [6.07, 6.45) is 8.75. The molecule has 0 saturated heterocycles. The fourth-order valence-corrected chi connectivity index (χ4v) is 1.79. The first-order chi connectivity index (χ1) is 10.3. The Balaban J connectivity index is 1.93. The molecule has 0 atom stereocenters. The van der Waals surface area contributed by atoms with Gasteiger partial charge in [-0.25, -0.2) is 0 Å². The Labute approximate surface area is 125 Å². The summed E-state index contributed by atoms with van der Waals surface area (Å²) in [5.74, 6) is 0.811. The van der Waals surface area contributed by atoms with Crippen LogP contribution in [0.2, 0.25) is 0 Å². The number of rotatable bonds is 7. The molecule has 0 amide bonds. The molecular formula is C18H19NO2. The number of hydrogen-bond donors (Lipinski definition) is 0. The van der Waals surface area contributed by atoms with E-state index in [2.05, 4.69) is 11.9 Å². The van der Waals surface area contributed by atoms with Crippen LogP contribution in [0, 0.1) is 0 Å². The van der Waals surface area contributed by atoms with Crippen LogP contribution in [0.5, 0.6) is 5.75 Å². The Morgan fingerprint density at radius 1 is 1.24 bits per heavy atom. The van der Waals surface area contributed by atoms with Gasteiger partial charge in [0.25, 0.3) is 0 Å². The summed E-state index contributed by atoms with van der Waals surface area (Å²) in [5, 5.41) is 0. The van der Waals surface area contributed by atoms with Crippen molar-refractivity contribution in [1.82, 2.24) is 4.98 Å². The van der Waals surface area contributed by atoms with E-state index in [4.69, 9.17) is 4.74 Å². The monoisotopic (exact) mass is 281 g/mol. The van der Waals surface area contributed by atoms with E-state index in [-0.39, 0.29) is 5.78 Å². The first-order valence-corrected chi connectivity index (χ1v) is 7.15. The van der Waals surface area contributed by atoms with Crippen LogP contribution in [-0.2, 0) is 0 Å². The molecule has 1 aromatic carbocycles. The van der Waals surface area contributed by atoms with Crippen LogP contribution in [0.25, 0.3) is 6.08 Å². The fourth-order valence-electron chi connectivity index (χ4n) is 1.79. The molecule has 0 aliphatic carbocycles. The molecule has 3 heteroatoms. The van der Waals surface area contributed by atoms with Gasteiger partial charge in [0.05, 0.1) is 6.61 Å². The SMILES string of the molecule is CCCCOc1ccc(/C=C/C(=O)c2cccnc2)cc1. The molecule has 0 fully saturated rings. The third kappa shape index (κ3) is 4.88. The van der Waals surface area contributed by atoms with Crippen molar-refractivity contribution in [3.63, 3.8) is 0 Å². The van der Waals surface area contributed by atoms with Gasteiger partial charge in [-0.3, -0.25) is 9.78 Å². The topological polar surface area (TPSA) is 39.2 Å². The van der Waals surface area contributed by atoms with Crippen LogP contribution in [0.3, 0.4) is 0 Å². The first kappa shape index (κ1) is 15.0. The minimum Gasteiger partial charge on any atom is -0.494 e. The predicted molar refractivity (Wildman–Crippen MR) is 84.4 cm³/mol. The van der Waals surface area contributed by atoms with Gasteiger partial charge in [0.2, 0.25) is 0 Å². The van der Waals surface area contributed by atoms with Crippen LogP contribution in [0.15, 0.2) is 54.9 Å². The number of allylic oxidation sites excluding steroid dienone is 1. The summed E-state index contributed by atoms with van der Waals surface area (Å²) in [5.41, 5.74) is 1.56. The molecule has 0 saturated carbocycles. The molecule has 21 heavy (non-hydrogen) atoms. The molecule has 1 heterocycles. The molecule has 0 bridgehead atoms. The van der Waals surface area contributed by atoms with Gasteiger partial charge in [-0.15, -0.1) is 0 Å². The molecular weight excluding hydrogens is 262 g/mol. The normalized spacial score (nSPS) is 10.7. The summed E-state index contributed by atoms with van der Waals surface area (Å²) >= 11 is 0. The number of aromatic nitrogens is 1. The summed E-state index contributed by atoms with van der Waals surface area (Å²) in [6.45, 7) is 2.88. The second kappa shape index (κ2) is 8.00. The first-order valence-electron chi connectivity index (χ1n) is 7.15. The average molecular weight is 281 g/mol. The fraction of sp³-hybridized carbons (Fsp3) is 0.222. The minimum atomic E-state index is -0.0497. The van der Waals surface area contributed by atoms with Crippen molar-refractivity contribution in [2.24, 2.45) is 0 Å². The smallest absolute Gasteiger partial charge is 0.187 e. The molecule has 108 valence electrons. The molecule has 0 spiro atoms. The lowest BCUT2D eigenvalue weighted by molar-refractivity contribution is 0.104. The quantitative estimate of drug-likeness (QED) is 0.434. The van der Waals surface area contributed by atoms with Crippen LogP contribution in [0.4, 0.5) is 0 Å². The third-order valence-electron chi connectivity index (χ3n) is 3.02. The highest BCUT2D eigenvalue weighted by molar-refractivity contribution is 6.06. The van der Waals surface area contributed by atoms with E-state index >= 15 is 0 Å². The summed E-state index contributed by atoms with van der Waals surface area (Å²) in [7, 11) is 0. The summed E-state index contributed by atoms with van der Waals surface area (Å²) < 4.78 is 5.60. The number of ketones is 1. The molecule has 3 nitrogen and oxygen atoms in total. The predicted octanol–water partition coefficient (Wildman–Crippen LogP) is 4.16. The van der Waals surface area contributed by atoms with Crippen molar-refractivity contribution in [3.05, 3.63) is 66.0 Å². The van der Waals surface area contributed by atoms with E-state index in [1.165, 1.54) is 0 Å². The number of hydrogen-bond acceptors (Lipinski definition) is 3. The van der Waals surface area contributed by atoms with Gasteiger partial charge >= 0.3 is 0 Å². The van der Waals surface area contributed by atoms with Gasteiger partial charge in [0.15, 0.2) is 5.78 Å². The molecule has 0 radical (unpaired) electrons. The second-order valence-electron chi connectivity index (χ2n) is 4.71. The van der Waals surface area contributed by atoms with Crippen molar-refractivity contribution in [2.75, 3.05) is 6.61 Å². The molecule has 0 unspecified atom stereocenters. The second-order valence-corrected chi connectivity index (χ2v) is 4.71. The van der Waals surface area contributed by atoms with Crippen molar-refractivity contribution in [3.8, 4) is 5.75 Å². The van der Waals surface area contributed by atoms with Gasteiger partial charge in [0.1, 0.15) is 5.75 Å². The van der Waals surface area contributed by atoms with E-state index in [1.54, 1.807) is 36.7 Å². The van der Waals surface area contributed by atoms with Crippen molar-refractivity contribution < 1.29 is 9.53 Å². The van der Waals surface area contributed by atoms with Crippen molar-refractivity contribution in [2.45, 2.75) is 19.8 Å². The van der Waals surface area contributed by atoms with Gasteiger partial charge in [0, 0.05) is 18.0 Å². The Kier molecular flexibility index (Phi) is 5.71. The minimum absolute atomic E-state index is 0.0497. The van der Waals surface area contributed by atoms with E-state index in [9.17, 15) is 4.79 Å². The Hall–Kier alpha value is -2.42. The van der Waals surface area contributed by atoms with E-state index in [1.807, 2.05) is 24.3 Å². The van der Waals surface area contributed by atoms with Crippen molar-refractivity contribution in [1.29, 1.82) is 0 Å². The van der Waals surface area contributed by atoms with Gasteiger partial charge in [-0.2, -0.15) is 0 Å². The standard InChI is InChI=1S/C18H19NO2/c1-2-3-13-21-17-9-6-15(7-10-17)8-11-18(20)16-5-4-12-19-14-16/h4-12,14H,2-3,13H2,1H3/b11-8+. The molecule has 0 N–H and O–H groups in total. The number of ether oxygens (including phenoxy) is 1. The lowest BCUT2D eigenvalue weighted by atomic mass is 10.1.